The number of para-hydroxylation sites is 4. The second-order valence-electron chi connectivity index (χ2n) is 7.69. The van der Waals surface area contributed by atoms with E-state index in [4.69, 9.17) is 26.9 Å². The highest BCUT2D eigenvalue weighted by atomic mass is 79.9. The van der Waals surface area contributed by atoms with Gasteiger partial charge in [0.05, 0.1) is 28.8 Å². The summed E-state index contributed by atoms with van der Waals surface area (Å²) in [6, 6.07) is 21.0. The third-order valence-corrected chi connectivity index (χ3v) is 6.06. The number of nitrogens with one attached hydrogen (secondary N) is 3. The number of halogens is 1. The van der Waals surface area contributed by atoms with Crippen molar-refractivity contribution < 1.29 is 9.53 Å². The predicted octanol–water partition coefficient (Wildman–Crippen LogP) is 4.92. The normalized spacial score (nSPS) is 11.0. The third-order valence-electron chi connectivity index (χ3n) is 5.36. The van der Waals surface area contributed by atoms with Crippen molar-refractivity contribution in [2.45, 2.75) is 13.5 Å². The molecule has 0 spiro atoms. The topological polar surface area (TPSA) is 93.1 Å². The third kappa shape index (κ3) is 4.75. The first-order chi connectivity index (χ1) is 17.0. The van der Waals surface area contributed by atoms with Gasteiger partial charge in [0.1, 0.15) is 17.8 Å². The lowest BCUT2D eigenvalue weighted by Gasteiger charge is -2.15. The molecule has 0 saturated carbocycles. The minimum absolute atomic E-state index is 0.0276. The van der Waals surface area contributed by atoms with Crippen molar-refractivity contribution in [1.82, 2.24) is 25.4 Å². The lowest BCUT2D eigenvalue weighted by molar-refractivity contribution is -0.122. The van der Waals surface area contributed by atoms with E-state index in [2.05, 4.69) is 32.1 Å². The Morgan fingerprint density at radius 2 is 1.77 bits per heavy atom. The van der Waals surface area contributed by atoms with E-state index in [1.165, 1.54) is 0 Å². The van der Waals surface area contributed by atoms with E-state index in [0.29, 0.717) is 23.7 Å². The minimum atomic E-state index is -0.288. The predicted molar refractivity (Wildman–Crippen MR) is 145 cm³/mol. The lowest BCUT2D eigenvalue weighted by atomic mass is 10.2. The van der Waals surface area contributed by atoms with Crippen LogP contribution >= 0.6 is 28.1 Å². The fraction of sp³-hybridized carbons (Fsp3) is 0.120. The highest BCUT2D eigenvalue weighted by Gasteiger charge is 2.17. The monoisotopic (exact) mass is 548 g/mol. The molecule has 0 aliphatic carbocycles. The van der Waals surface area contributed by atoms with Crippen LogP contribution in [-0.4, -0.2) is 32.2 Å². The van der Waals surface area contributed by atoms with Gasteiger partial charge in [0.2, 0.25) is 0 Å². The maximum Gasteiger partial charge on any atom is 0.258 e. The molecule has 0 atom stereocenters. The van der Waals surface area contributed by atoms with Gasteiger partial charge in [-0.05, 0) is 61.6 Å². The molecule has 0 saturated heterocycles. The number of fused-ring (bicyclic) bond motifs is 4. The summed E-state index contributed by atoms with van der Waals surface area (Å²) in [4.78, 5) is 22.5. The molecule has 0 unspecified atom stereocenters. The fourth-order valence-electron chi connectivity index (χ4n) is 3.88. The molecule has 5 rings (SSSR count). The maximum atomic E-state index is 12.9. The molecule has 1 amide bonds. The first-order valence-corrected chi connectivity index (χ1v) is 12.2. The van der Waals surface area contributed by atoms with Crippen LogP contribution in [-0.2, 0) is 11.3 Å². The van der Waals surface area contributed by atoms with Crippen LogP contribution in [0.3, 0.4) is 0 Å². The molecule has 0 aliphatic rings. The summed E-state index contributed by atoms with van der Waals surface area (Å²) in [5.74, 6) is 0.386. The molecule has 3 aromatic carbocycles. The fourth-order valence-corrected chi connectivity index (χ4v) is 4.40. The number of amides is 1. The smallest absolute Gasteiger partial charge is 0.258 e. The number of thiocarbonyl (C=S) groups is 1. The molecule has 3 N–H and O–H groups in total. The molecule has 2 heterocycles. The number of anilines is 1. The summed E-state index contributed by atoms with van der Waals surface area (Å²) in [5, 5.41) is 4.19. The Morgan fingerprint density at radius 1 is 1.03 bits per heavy atom. The average molecular weight is 549 g/mol. The van der Waals surface area contributed by atoms with E-state index >= 15 is 0 Å². The molecule has 0 radical (unpaired) electrons. The molecule has 35 heavy (non-hydrogen) atoms. The number of carbonyl (C=O) groups is 1. The van der Waals surface area contributed by atoms with Crippen LogP contribution in [0.5, 0.6) is 5.75 Å². The van der Waals surface area contributed by atoms with Crippen molar-refractivity contribution in [3.8, 4) is 5.75 Å². The summed E-state index contributed by atoms with van der Waals surface area (Å²) in [7, 11) is 0. The van der Waals surface area contributed by atoms with Crippen LogP contribution in [0, 0.1) is 0 Å². The Balaban J connectivity index is 1.37. The van der Waals surface area contributed by atoms with Gasteiger partial charge in [0.15, 0.2) is 10.8 Å². The number of aromatic nitrogens is 3. The number of hydrogen-bond donors (Lipinski definition) is 3. The molecule has 176 valence electrons. The molecule has 5 aromatic rings. The highest BCUT2D eigenvalue weighted by Crippen LogP contribution is 2.30. The Labute approximate surface area is 214 Å². The summed E-state index contributed by atoms with van der Waals surface area (Å²) in [6.07, 6.45) is 0. The van der Waals surface area contributed by atoms with Crippen molar-refractivity contribution in [2.24, 2.45) is 0 Å². The summed E-state index contributed by atoms with van der Waals surface area (Å²) < 4.78 is 8.38. The molecular weight excluding hydrogens is 528 g/mol. The van der Waals surface area contributed by atoms with Crippen molar-refractivity contribution >= 4 is 78.0 Å². The Hall–Kier alpha value is -3.76. The quantitative estimate of drug-likeness (QED) is 0.212. The van der Waals surface area contributed by atoms with Crippen LogP contribution in [0.1, 0.15) is 6.92 Å². The zero-order chi connectivity index (χ0) is 24.4. The van der Waals surface area contributed by atoms with E-state index < -0.39 is 0 Å². The average Bonchev–Trinajstić information content (AvgIpc) is 3.14. The second-order valence-corrected chi connectivity index (χ2v) is 9.01. The first-order valence-electron chi connectivity index (χ1n) is 11.0. The van der Waals surface area contributed by atoms with Gasteiger partial charge in [-0.3, -0.25) is 15.6 Å². The number of nitrogens with zero attached hydrogens (tertiary/aromatic N) is 3. The van der Waals surface area contributed by atoms with Gasteiger partial charge in [-0.15, -0.1) is 0 Å². The van der Waals surface area contributed by atoms with Crippen LogP contribution in [0.2, 0.25) is 0 Å². The van der Waals surface area contributed by atoms with Crippen molar-refractivity contribution in [2.75, 3.05) is 11.9 Å². The van der Waals surface area contributed by atoms with E-state index in [1.54, 1.807) is 0 Å². The van der Waals surface area contributed by atoms with Gasteiger partial charge in [0, 0.05) is 9.86 Å². The standard InChI is InChI=1S/C25H21BrN6O2S/c1-2-34-21-10-6-5-9-19(21)29-25(35)31-30-22(33)14-32-20-12-11-15(26)13-16(20)23-24(32)28-18-8-4-3-7-17(18)27-23/h3-13H,2,14H2,1H3,(H,30,33)(H2,29,31,35). The molecule has 8 nitrogen and oxygen atoms in total. The van der Waals surface area contributed by atoms with Gasteiger partial charge in [-0.1, -0.05) is 40.2 Å². The van der Waals surface area contributed by atoms with Crippen LogP contribution in [0.15, 0.2) is 71.2 Å². The zero-order valence-corrected chi connectivity index (χ0v) is 21.1. The van der Waals surface area contributed by atoms with Crippen LogP contribution < -0.4 is 20.9 Å². The van der Waals surface area contributed by atoms with E-state index in [1.807, 2.05) is 78.2 Å². The number of ether oxygens (including phenoxy) is 1. The molecule has 0 aliphatic heterocycles. The van der Waals surface area contributed by atoms with Gasteiger partial charge in [-0.25, -0.2) is 9.97 Å². The summed E-state index contributed by atoms with van der Waals surface area (Å²) in [6.45, 7) is 2.47. The zero-order valence-electron chi connectivity index (χ0n) is 18.7. The van der Waals surface area contributed by atoms with Crippen LogP contribution in [0.25, 0.3) is 33.1 Å². The van der Waals surface area contributed by atoms with Gasteiger partial charge in [-0.2, -0.15) is 0 Å². The molecule has 0 fully saturated rings. The number of hydrogen-bond acceptors (Lipinski definition) is 5. The number of carbonyl (C=O) groups excluding carboxylic acids is 1. The number of rotatable bonds is 5. The van der Waals surface area contributed by atoms with Gasteiger partial charge >= 0.3 is 0 Å². The molecule has 0 bridgehead atoms. The minimum Gasteiger partial charge on any atom is -0.492 e. The highest BCUT2D eigenvalue weighted by molar-refractivity contribution is 9.10. The first kappa shape index (κ1) is 23.0. The Bertz CT molecular complexity index is 1590. The van der Waals surface area contributed by atoms with Crippen molar-refractivity contribution in [1.29, 1.82) is 0 Å². The van der Waals surface area contributed by atoms with E-state index in [9.17, 15) is 4.79 Å². The van der Waals surface area contributed by atoms with Gasteiger partial charge < -0.3 is 14.6 Å². The lowest BCUT2D eigenvalue weighted by Crippen LogP contribution is -2.45. The maximum absolute atomic E-state index is 12.9. The van der Waals surface area contributed by atoms with E-state index in [0.717, 1.165) is 31.9 Å². The molecule has 10 heteroatoms. The van der Waals surface area contributed by atoms with E-state index in [-0.39, 0.29) is 17.6 Å². The molecular formula is C25H21BrN6O2S. The SMILES string of the molecule is CCOc1ccccc1NC(=S)NNC(=O)Cn1c2ccc(Br)cc2c2nc3ccccc3nc21. The largest absolute Gasteiger partial charge is 0.492 e. The second kappa shape index (κ2) is 9.85. The Kier molecular flexibility index (Phi) is 6.47. The molecule has 2 aromatic heterocycles. The van der Waals surface area contributed by atoms with Gasteiger partial charge in [0.25, 0.3) is 5.91 Å². The number of hydrazine groups is 1. The van der Waals surface area contributed by atoms with Crippen LogP contribution in [0.4, 0.5) is 5.69 Å². The van der Waals surface area contributed by atoms with Crippen molar-refractivity contribution in [3.63, 3.8) is 0 Å². The summed E-state index contributed by atoms with van der Waals surface area (Å²) in [5.41, 5.74) is 9.92. The summed E-state index contributed by atoms with van der Waals surface area (Å²) >= 11 is 8.87. The van der Waals surface area contributed by atoms with Crippen molar-refractivity contribution in [3.05, 3.63) is 71.2 Å². The Morgan fingerprint density at radius 3 is 2.57 bits per heavy atom. The number of benzene rings is 3.